The maximum absolute atomic E-state index is 13.3. The Morgan fingerprint density at radius 2 is 1.67 bits per heavy atom. The molecule has 1 aliphatic heterocycles. The predicted molar refractivity (Wildman–Crippen MR) is 99.5 cm³/mol. The van der Waals surface area contributed by atoms with Crippen molar-refractivity contribution in [1.29, 1.82) is 0 Å². The van der Waals surface area contributed by atoms with Crippen LogP contribution in [-0.2, 0) is 23.9 Å². The SMILES string of the molecule is COC(=O)C1(C(=O)OC)CC(=O)C(c2ccccc2)c2cc(C)ccc2N1. The van der Waals surface area contributed by atoms with Crippen LogP contribution in [0.15, 0.2) is 48.5 Å². The number of hydrogen-bond acceptors (Lipinski definition) is 6. The molecule has 27 heavy (non-hydrogen) atoms. The van der Waals surface area contributed by atoms with E-state index in [0.29, 0.717) is 11.3 Å². The third-order valence-corrected chi connectivity index (χ3v) is 4.83. The number of benzene rings is 2. The minimum absolute atomic E-state index is 0.270. The summed E-state index contributed by atoms with van der Waals surface area (Å²) in [6.07, 6.45) is -0.375. The van der Waals surface area contributed by atoms with E-state index < -0.39 is 23.4 Å². The summed E-state index contributed by atoms with van der Waals surface area (Å²) in [5.41, 5.74) is 1.07. The van der Waals surface area contributed by atoms with Gasteiger partial charge in [-0.15, -0.1) is 0 Å². The summed E-state index contributed by atoms with van der Waals surface area (Å²) >= 11 is 0. The lowest BCUT2D eigenvalue weighted by Gasteiger charge is -2.28. The summed E-state index contributed by atoms with van der Waals surface area (Å²) < 4.78 is 9.69. The van der Waals surface area contributed by atoms with Crippen LogP contribution >= 0.6 is 0 Å². The molecule has 0 spiro atoms. The van der Waals surface area contributed by atoms with Gasteiger partial charge in [-0.05, 0) is 24.1 Å². The number of esters is 2. The average Bonchev–Trinajstić information content (AvgIpc) is 2.81. The maximum atomic E-state index is 13.3. The molecule has 2 aromatic rings. The Morgan fingerprint density at radius 3 is 2.26 bits per heavy atom. The minimum atomic E-state index is -1.92. The molecular formula is C21H21NO5. The Morgan fingerprint density at radius 1 is 1.04 bits per heavy atom. The van der Waals surface area contributed by atoms with Gasteiger partial charge in [0.2, 0.25) is 5.54 Å². The first-order valence-electron chi connectivity index (χ1n) is 8.56. The van der Waals surface area contributed by atoms with Crippen LogP contribution < -0.4 is 5.32 Å². The second-order valence-electron chi connectivity index (χ2n) is 6.59. The molecule has 3 rings (SSSR count). The maximum Gasteiger partial charge on any atom is 0.343 e. The fourth-order valence-electron chi connectivity index (χ4n) is 3.53. The second-order valence-corrected chi connectivity index (χ2v) is 6.59. The molecule has 6 heteroatoms. The highest BCUT2D eigenvalue weighted by Crippen LogP contribution is 2.39. The largest absolute Gasteiger partial charge is 0.467 e. The number of nitrogens with one attached hydrogen (secondary N) is 1. The highest BCUT2D eigenvalue weighted by molar-refractivity contribution is 6.13. The topological polar surface area (TPSA) is 81.7 Å². The van der Waals surface area contributed by atoms with Crippen molar-refractivity contribution in [2.45, 2.75) is 24.8 Å². The van der Waals surface area contributed by atoms with Crippen LogP contribution in [0.2, 0.25) is 0 Å². The van der Waals surface area contributed by atoms with Crippen molar-refractivity contribution < 1.29 is 23.9 Å². The first kappa shape index (κ1) is 18.6. The molecule has 0 aromatic heterocycles. The van der Waals surface area contributed by atoms with Crippen molar-refractivity contribution in [2.24, 2.45) is 0 Å². The number of hydrogen-bond donors (Lipinski definition) is 1. The summed E-state index contributed by atoms with van der Waals surface area (Å²) in [5, 5.41) is 2.96. The van der Waals surface area contributed by atoms with Crippen LogP contribution in [-0.4, -0.2) is 37.5 Å². The molecule has 1 aliphatic rings. The molecule has 1 unspecified atom stereocenters. The monoisotopic (exact) mass is 367 g/mol. The summed E-state index contributed by atoms with van der Waals surface area (Å²) in [7, 11) is 2.35. The van der Waals surface area contributed by atoms with E-state index in [9.17, 15) is 14.4 Å². The van der Waals surface area contributed by atoms with Crippen molar-refractivity contribution >= 4 is 23.4 Å². The lowest BCUT2D eigenvalue weighted by molar-refractivity contribution is -0.161. The van der Waals surface area contributed by atoms with Crippen molar-refractivity contribution in [3.8, 4) is 0 Å². The zero-order valence-electron chi connectivity index (χ0n) is 15.4. The number of ketones is 1. The lowest BCUT2D eigenvalue weighted by Crippen LogP contribution is -2.55. The van der Waals surface area contributed by atoms with Crippen LogP contribution in [0.25, 0.3) is 0 Å². The van der Waals surface area contributed by atoms with Gasteiger partial charge in [-0.3, -0.25) is 4.79 Å². The van der Waals surface area contributed by atoms with Crippen molar-refractivity contribution in [2.75, 3.05) is 19.5 Å². The van der Waals surface area contributed by atoms with Gasteiger partial charge in [-0.25, -0.2) is 9.59 Å². The van der Waals surface area contributed by atoms with Gasteiger partial charge in [0.15, 0.2) is 0 Å². The Balaban J connectivity index is 2.24. The Hall–Kier alpha value is -3.15. The van der Waals surface area contributed by atoms with E-state index >= 15 is 0 Å². The summed E-state index contributed by atoms with van der Waals surface area (Å²) in [6.45, 7) is 1.92. The van der Waals surface area contributed by atoms with Gasteiger partial charge < -0.3 is 14.8 Å². The van der Waals surface area contributed by atoms with E-state index in [1.807, 2.05) is 49.4 Å². The van der Waals surface area contributed by atoms with Crippen LogP contribution in [0.3, 0.4) is 0 Å². The first-order valence-corrected chi connectivity index (χ1v) is 8.56. The fraction of sp³-hybridized carbons (Fsp3) is 0.286. The third kappa shape index (κ3) is 3.18. The Bertz CT molecular complexity index is 875. The number of rotatable bonds is 3. The molecule has 0 amide bonds. The summed E-state index contributed by atoms with van der Waals surface area (Å²) in [5.74, 6) is -2.59. The van der Waals surface area contributed by atoms with E-state index in [4.69, 9.17) is 9.47 Å². The van der Waals surface area contributed by atoms with Gasteiger partial charge in [-0.1, -0.05) is 48.0 Å². The molecule has 2 aromatic carbocycles. The lowest BCUT2D eigenvalue weighted by atomic mass is 9.83. The van der Waals surface area contributed by atoms with Gasteiger partial charge in [0.1, 0.15) is 5.78 Å². The van der Waals surface area contributed by atoms with Crippen LogP contribution in [0.5, 0.6) is 0 Å². The number of methoxy groups -OCH3 is 2. The number of Topliss-reactive ketones (excluding diaryl/α,β-unsaturated/α-hetero) is 1. The Kier molecular flexibility index (Phi) is 4.99. The molecule has 0 bridgehead atoms. The smallest absolute Gasteiger partial charge is 0.343 e. The Labute approximate surface area is 157 Å². The van der Waals surface area contributed by atoms with Crippen LogP contribution in [0.4, 0.5) is 5.69 Å². The van der Waals surface area contributed by atoms with Gasteiger partial charge in [-0.2, -0.15) is 0 Å². The summed E-state index contributed by atoms with van der Waals surface area (Å²) in [6, 6.07) is 14.8. The number of carbonyl (C=O) groups is 3. The van der Waals surface area contributed by atoms with Gasteiger partial charge >= 0.3 is 11.9 Å². The van der Waals surface area contributed by atoms with E-state index in [-0.39, 0.29) is 12.2 Å². The van der Waals surface area contributed by atoms with Crippen molar-refractivity contribution in [3.63, 3.8) is 0 Å². The molecule has 0 aliphatic carbocycles. The highest BCUT2D eigenvalue weighted by Gasteiger charge is 2.53. The molecule has 6 nitrogen and oxygen atoms in total. The summed E-state index contributed by atoms with van der Waals surface area (Å²) in [4.78, 5) is 38.4. The van der Waals surface area contributed by atoms with Crippen LogP contribution in [0, 0.1) is 6.92 Å². The number of anilines is 1. The number of ether oxygens (including phenoxy) is 2. The number of carbonyl (C=O) groups excluding carboxylic acids is 3. The zero-order valence-corrected chi connectivity index (χ0v) is 15.4. The van der Waals surface area contributed by atoms with Gasteiger partial charge in [0, 0.05) is 5.69 Å². The first-order chi connectivity index (χ1) is 12.9. The molecule has 140 valence electrons. The quantitative estimate of drug-likeness (QED) is 0.663. The van der Waals surface area contributed by atoms with E-state index in [0.717, 1.165) is 11.1 Å². The average molecular weight is 367 g/mol. The zero-order chi connectivity index (χ0) is 19.6. The number of fused-ring (bicyclic) bond motifs is 1. The van der Waals surface area contributed by atoms with E-state index in [1.165, 1.54) is 14.2 Å². The van der Waals surface area contributed by atoms with Crippen molar-refractivity contribution in [1.82, 2.24) is 0 Å². The van der Waals surface area contributed by atoms with E-state index in [1.54, 1.807) is 6.07 Å². The highest BCUT2D eigenvalue weighted by atomic mass is 16.5. The van der Waals surface area contributed by atoms with Gasteiger partial charge in [0.25, 0.3) is 0 Å². The third-order valence-electron chi connectivity index (χ3n) is 4.83. The van der Waals surface area contributed by atoms with Crippen LogP contribution in [0.1, 0.15) is 29.0 Å². The molecule has 0 saturated carbocycles. The number of aryl methyl sites for hydroxylation is 1. The molecule has 0 fully saturated rings. The standard InChI is InChI=1S/C21H21NO5/c1-13-9-10-16-15(11-13)18(14-7-5-4-6-8-14)17(23)12-21(22-16,19(24)26-2)20(25)27-3/h4-11,18,22H,12H2,1-3H3. The molecule has 1 N–H and O–H groups in total. The molecule has 0 radical (unpaired) electrons. The van der Waals surface area contributed by atoms with Crippen molar-refractivity contribution in [3.05, 3.63) is 65.2 Å². The van der Waals surface area contributed by atoms with Gasteiger partial charge in [0.05, 0.1) is 26.6 Å². The molecular weight excluding hydrogens is 346 g/mol. The predicted octanol–water partition coefficient (Wildman–Crippen LogP) is 2.60. The normalized spacial score (nSPS) is 17.9. The second kappa shape index (κ2) is 7.23. The fourth-order valence-corrected chi connectivity index (χ4v) is 3.53. The molecule has 0 saturated heterocycles. The molecule has 1 heterocycles. The molecule has 1 atom stereocenters. The van der Waals surface area contributed by atoms with E-state index in [2.05, 4.69) is 5.32 Å². The minimum Gasteiger partial charge on any atom is -0.467 e.